The molecule has 0 aliphatic rings. The summed E-state index contributed by atoms with van der Waals surface area (Å²) in [5.74, 6) is 0. The Labute approximate surface area is 108 Å². The molecule has 2 aromatic carbocycles. The molecule has 1 aromatic heterocycles. The Morgan fingerprint density at radius 2 is 1.50 bits per heavy atom. The summed E-state index contributed by atoms with van der Waals surface area (Å²) in [5, 5.41) is 15.8. The van der Waals surface area contributed by atoms with Gasteiger partial charge in [0.05, 0.1) is 0 Å². The predicted molar refractivity (Wildman–Crippen MR) is 74.0 cm³/mol. The molecule has 0 aliphatic heterocycles. The van der Waals surface area contributed by atoms with E-state index in [1.54, 1.807) is 0 Å². The monoisotopic (exact) mass is 254 g/mol. The summed E-state index contributed by atoms with van der Waals surface area (Å²) in [6, 6.07) is 15.3. The molecule has 0 atom stereocenters. The zero-order valence-corrected chi connectivity index (χ0v) is 10.2. The lowest BCUT2D eigenvalue weighted by atomic mass is 10.1. The second-order valence-electron chi connectivity index (χ2n) is 3.99. The van der Waals surface area contributed by atoms with E-state index in [1.165, 1.54) is 0 Å². The van der Waals surface area contributed by atoms with E-state index in [1.807, 2.05) is 48.5 Å². The first-order chi connectivity index (χ1) is 8.81. The predicted octanol–water partition coefficient (Wildman–Crippen LogP) is 3.34. The van der Waals surface area contributed by atoms with E-state index >= 15 is 0 Å². The second-order valence-corrected chi connectivity index (χ2v) is 4.40. The summed E-state index contributed by atoms with van der Waals surface area (Å²) in [6.45, 7) is 0. The Hall–Kier alpha value is -2.20. The molecule has 4 heteroatoms. The van der Waals surface area contributed by atoms with Crippen LogP contribution in [0, 0.1) is 4.64 Å². The van der Waals surface area contributed by atoms with E-state index in [2.05, 4.69) is 10.1 Å². The van der Waals surface area contributed by atoms with Gasteiger partial charge in [-0.25, -0.2) is 0 Å². The number of nitrogens with one attached hydrogen (secondary N) is 1. The fourth-order valence-electron chi connectivity index (χ4n) is 2.13. The Morgan fingerprint density at radius 1 is 0.889 bits per heavy atom. The maximum Gasteiger partial charge on any atom is 0.119 e. The number of nitrogens with zero attached hydrogens (tertiary/aromatic N) is 1. The van der Waals surface area contributed by atoms with Crippen molar-refractivity contribution in [1.29, 1.82) is 0 Å². The van der Waals surface area contributed by atoms with Gasteiger partial charge < -0.3 is 10.2 Å². The van der Waals surface area contributed by atoms with Gasteiger partial charge in [0.25, 0.3) is 0 Å². The van der Waals surface area contributed by atoms with Gasteiger partial charge in [0.2, 0.25) is 0 Å². The van der Waals surface area contributed by atoms with Crippen molar-refractivity contribution in [1.82, 2.24) is 4.98 Å². The Kier molecular flexibility index (Phi) is 2.57. The largest absolute Gasteiger partial charge is 0.410 e. The van der Waals surface area contributed by atoms with Gasteiger partial charge in [0.1, 0.15) is 10.00 Å². The normalized spacial score (nSPS) is 12.1. The standard InChI is InChI=1S/C14H10N2OS/c17-16-13-9-5-1-2-6-10(9)14(18)15-12-8-4-3-7-11(12)13/h1-8,17H,(H,15,18). The average molecular weight is 254 g/mol. The molecular formula is C14H10N2OS. The fraction of sp³-hybridized carbons (Fsp3) is 0. The van der Waals surface area contributed by atoms with Crippen LogP contribution in [0.3, 0.4) is 0 Å². The van der Waals surface area contributed by atoms with Crippen LogP contribution in [-0.4, -0.2) is 10.2 Å². The molecule has 3 nitrogen and oxygen atoms in total. The number of fused-ring (bicyclic) bond motifs is 2. The minimum atomic E-state index is 0.536. The lowest BCUT2D eigenvalue weighted by molar-refractivity contribution is 0.304. The number of rotatable bonds is 0. The number of aromatic amines is 1. The van der Waals surface area contributed by atoms with Crippen LogP contribution in [0.1, 0.15) is 0 Å². The maximum absolute atomic E-state index is 9.31. The fourth-order valence-corrected chi connectivity index (χ4v) is 2.42. The molecule has 18 heavy (non-hydrogen) atoms. The average Bonchev–Trinajstić information content (AvgIpc) is 2.53. The molecule has 2 N–H and O–H groups in total. The number of H-pyrrole nitrogens is 1. The van der Waals surface area contributed by atoms with Crippen molar-refractivity contribution < 1.29 is 5.21 Å². The van der Waals surface area contributed by atoms with Gasteiger partial charge in [0.15, 0.2) is 0 Å². The molecule has 0 amide bonds. The molecule has 0 spiro atoms. The van der Waals surface area contributed by atoms with Crippen LogP contribution < -0.4 is 5.36 Å². The third-order valence-corrected chi connectivity index (χ3v) is 3.28. The Morgan fingerprint density at radius 3 is 2.22 bits per heavy atom. The van der Waals surface area contributed by atoms with Crippen molar-refractivity contribution in [2.24, 2.45) is 5.16 Å². The highest BCUT2D eigenvalue weighted by Gasteiger charge is 2.02. The zero-order valence-electron chi connectivity index (χ0n) is 9.42. The first-order valence-corrected chi connectivity index (χ1v) is 5.94. The summed E-state index contributed by atoms with van der Waals surface area (Å²) in [4.78, 5) is 3.18. The van der Waals surface area contributed by atoms with Crippen molar-refractivity contribution in [3.05, 3.63) is 58.5 Å². The van der Waals surface area contributed by atoms with Crippen LogP contribution in [0.15, 0.2) is 53.7 Å². The van der Waals surface area contributed by atoms with Crippen LogP contribution in [0.25, 0.3) is 21.7 Å². The number of hydrogen-bond donors (Lipinski definition) is 2. The molecule has 0 fully saturated rings. The van der Waals surface area contributed by atoms with Crippen LogP contribution in [-0.2, 0) is 0 Å². The molecule has 1 heterocycles. The molecule has 0 unspecified atom stereocenters. The quantitative estimate of drug-likeness (QED) is 0.367. The number of benzene rings is 2. The van der Waals surface area contributed by atoms with E-state index < -0.39 is 0 Å². The third kappa shape index (κ3) is 1.58. The Bertz CT molecular complexity index is 868. The summed E-state index contributed by atoms with van der Waals surface area (Å²) < 4.78 is 0.636. The number of para-hydroxylation sites is 1. The molecule has 3 rings (SSSR count). The van der Waals surface area contributed by atoms with Crippen LogP contribution in [0.2, 0.25) is 0 Å². The number of hydrogen-bond acceptors (Lipinski definition) is 3. The smallest absolute Gasteiger partial charge is 0.119 e. The summed E-state index contributed by atoms with van der Waals surface area (Å²) in [6.07, 6.45) is 0. The topological polar surface area (TPSA) is 48.4 Å². The first kappa shape index (κ1) is 10.9. The van der Waals surface area contributed by atoms with E-state index in [9.17, 15) is 5.21 Å². The lowest BCUT2D eigenvalue weighted by Crippen LogP contribution is -2.01. The van der Waals surface area contributed by atoms with E-state index in [0.29, 0.717) is 10.00 Å². The van der Waals surface area contributed by atoms with Gasteiger partial charge in [-0.3, -0.25) is 0 Å². The van der Waals surface area contributed by atoms with Crippen molar-refractivity contribution in [2.45, 2.75) is 0 Å². The highest BCUT2D eigenvalue weighted by Crippen LogP contribution is 2.14. The molecule has 0 bridgehead atoms. The second kappa shape index (κ2) is 4.23. The summed E-state index contributed by atoms with van der Waals surface area (Å²) in [5.41, 5.74) is 0.853. The minimum absolute atomic E-state index is 0.536. The van der Waals surface area contributed by atoms with Gasteiger partial charge in [0, 0.05) is 21.7 Å². The molecule has 0 radical (unpaired) electrons. The van der Waals surface area contributed by atoms with Gasteiger partial charge in [-0.15, -0.1) is 0 Å². The Balaban J connectivity index is 2.81. The van der Waals surface area contributed by atoms with Crippen LogP contribution in [0.4, 0.5) is 0 Å². The van der Waals surface area contributed by atoms with Gasteiger partial charge >= 0.3 is 0 Å². The van der Waals surface area contributed by atoms with Crippen molar-refractivity contribution in [2.75, 3.05) is 0 Å². The van der Waals surface area contributed by atoms with Crippen molar-refractivity contribution in [3.8, 4) is 0 Å². The molecule has 3 aromatic rings. The molecule has 0 saturated carbocycles. The van der Waals surface area contributed by atoms with E-state index in [-0.39, 0.29) is 0 Å². The molecule has 88 valence electrons. The van der Waals surface area contributed by atoms with Crippen molar-refractivity contribution in [3.63, 3.8) is 0 Å². The zero-order chi connectivity index (χ0) is 12.5. The van der Waals surface area contributed by atoms with Gasteiger partial charge in [-0.05, 0) is 6.07 Å². The van der Waals surface area contributed by atoms with Crippen LogP contribution in [0.5, 0.6) is 0 Å². The molecular weight excluding hydrogens is 244 g/mol. The van der Waals surface area contributed by atoms with E-state index in [4.69, 9.17) is 12.2 Å². The van der Waals surface area contributed by atoms with Crippen LogP contribution >= 0.6 is 12.2 Å². The maximum atomic E-state index is 9.31. The SMILES string of the molecule is ON=c1c2ccccc2[nH]c(=S)c2ccccc12. The lowest BCUT2D eigenvalue weighted by Gasteiger charge is -1.92. The van der Waals surface area contributed by atoms with Gasteiger partial charge in [-0.2, -0.15) is 0 Å². The van der Waals surface area contributed by atoms with Gasteiger partial charge in [-0.1, -0.05) is 59.8 Å². The third-order valence-electron chi connectivity index (χ3n) is 2.96. The highest BCUT2D eigenvalue weighted by atomic mass is 32.1. The molecule has 0 aliphatic carbocycles. The van der Waals surface area contributed by atoms with E-state index in [0.717, 1.165) is 21.7 Å². The minimum Gasteiger partial charge on any atom is -0.410 e. The summed E-state index contributed by atoms with van der Waals surface area (Å²) >= 11 is 5.38. The first-order valence-electron chi connectivity index (χ1n) is 5.53. The number of aromatic nitrogens is 1. The van der Waals surface area contributed by atoms with Crippen molar-refractivity contribution >= 4 is 33.9 Å². The highest BCUT2D eigenvalue weighted by molar-refractivity contribution is 7.71. The molecule has 0 saturated heterocycles. The summed E-state index contributed by atoms with van der Waals surface area (Å²) in [7, 11) is 0.